The number of nitrogens with zero attached hydrogens (tertiary/aromatic N) is 2. The summed E-state index contributed by atoms with van der Waals surface area (Å²) in [6.45, 7) is 0.271. The first-order valence-electron chi connectivity index (χ1n) is 8.03. The van der Waals surface area contributed by atoms with Gasteiger partial charge in [0.1, 0.15) is 23.3 Å². The second-order valence-corrected chi connectivity index (χ2v) is 5.89. The molecule has 7 heteroatoms. The van der Waals surface area contributed by atoms with Crippen LogP contribution in [0.1, 0.15) is 21.5 Å². The fourth-order valence-electron chi connectivity index (χ4n) is 2.22. The van der Waals surface area contributed by atoms with Crippen molar-refractivity contribution in [1.29, 1.82) is 0 Å². The van der Waals surface area contributed by atoms with Gasteiger partial charge < -0.3 is 4.74 Å². The zero-order chi connectivity index (χ0) is 19.1. The van der Waals surface area contributed by atoms with Gasteiger partial charge in [-0.25, -0.2) is 14.8 Å². The molecule has 27 heavy (non-hydrogen) atoms. The van der Waals surface area contributed by atoms with E-state index in [1.165, 1.54) is 24.5 Å². The highest BCUT2D eigenvalue weighted by atomic mass is 35.5. The van der Waals surface area contributed by atoms with Crippen LogP contribution in [0.3, 0.4) is 0 Å². The van der Waals surface area contributed by atoms with E-state index in [0.717, 1.165) is 11.1 Å². The number of hydrogen-bond donors (Lipinski definition) is 1. The summed E-state index contributed by atoms with van der Waals surface area (Å²) < 4.78 is 18.8. The Morgan fingerprint density at radius 2 is 2.00 bits per heavy atom. The monoisotopic (exact) mass is 383 g/mol. The average Bonchev–Trinajstić information content (AvgIpc) is 2.68. The third kappa shape index (κ3) is 5.36. The topological polar surface area (TPSA) is 63.6 Å². The number of ether oxygens (including phenoxy) is 1. The Morgan fingerprint density at radius 3 is 2.74 bits per heavy atom. The maximum absolute atomic E-state index is 13.1. The summed E-state index contributed by atoms with van der Waals surface area (Å²) in [4.78, 5) is 15.8. The summed E-state index contributed by atoms with van der Waals surface area (Å²) in [6, 6.07) is 16.5. The molecule has 0 aliphatic heterocycles. The second-order valence-electron chi connectivity index (χ2n) is 5.53. The molecule has 0 bridgehead atoms. The molecule has 3 aromatic rings. The van der Waals surface area contributed by atoms with Crippen LogP contribution < -0.4 is 10.2 Å². The number of nitrogens with one attached hydrogen (secondary N) is 1. The van der Waals surface area contributed by atoms with Crippen molar-refractivity contribution in [1.82, 2.24) is 10.4 Å². The van der Waals surface area contributed by atoms with Crippen LogP contribution in [-0.2, 0) is 6.61 Å². The Balaban J connectivity index is 1.53. The van der Waals surface area contributed by atoms with Gasteiger partial charge in [-0.2, -0.15) is 5.10 Å². The molecule has 0 spiro atoms. The molecule has 0 saturated carbocycles. The van der Waals surface area contributed by atoms with Crippen molar-refractivity contribution in [3.63, 3.8) is 0 Å². The van der Waals surface area contributed by atoms with Crippen LogP contribution in [0.25, 0.3) is 0 Å². The van der Waals surface area contributed by atoms with Crippen LogP contribution in [0.15, 0.2) is 72.0 Å². The number of rotatable bonds is 6. The summed E-state index contributed by atoms with van der Waals surface area (Å²) in [7, 11) is 0. The van der Waals surface area contributed by atoms with Crippen molar-refractivity contribution in [2.24, 2.45) is 5.10 Å². The van der Waals surface area contributed by atoms with Gasteiger partial charge in [-0.05, 0) is 59.7 Å². The highest BCUT2D eigenvalue weighted by molar-refractivity contribution is 6.32. The summed E-state index contributed by atoms with van der Waals surface area (Å²) in [5.74, 6) is -0.0979. The van der Waals surface area contributed by atoms with Gasteiger partial charge in [0.2, 0.25) is 0 Å². The SMILES string of the molecule is O=C(NN=Cc1ccc(OCc2cccc(F)c2)cc1)c1cccnc1Cl. The van der Waals surface area contributed by atoms with Crippen molar-refractivity contribution in [3.8, 4) is 5.75 Å². The van der Waals surface area contributed by atoms with E-state index in [0.29, 0.717) is 5.75 Å². The lowest BCUT2D eigenvalue weighted by Crippen LogP contribution is -2.18. The number of amides is 1. The average molecular weight is 384 g/mol. The molecule has 0 saturated heterocycles. The maximum Gasteiger partial charge on any atom is 0.274 e. The molecule has 0 aliphatic rings. The van der Waals surface area contributed by atoms with E-state index < -0.39 is 5.91 Å². The Morgan fingerprint density at radius 1 is 1.19 bits per heavy atom. The first-order valence-corrected chi connectivity index (χ1v) is 8.41. The third-order valence-electron chi connectivity index (χ3n) is 3.56. The van der Waals surface area contributed by atoms with E-state index in [9.17, 15) is 9.18 Å². The standard InChI is InChI=1S/C20H15ClFN3O2/c21-19-18(5-2-10-23-19)20(26)25-24-12-14-6-8-17(9-7-14)27-13-15-3-1-4-16(22)11-15/h1-12H,13H2,(H,25,26). The van der Waals surface area contributed by atoms with Crippen LogP contribution in [0, 0.1) is 5.82 Å². The van der Waals surface area contributed by atoms with Gasteiger partial charge in [0.15, 0.2) is 0 Å². The van der Waals surface area contributed by atoms with Crippen molar-refractivity contribution in [2.75, 3.05) is 0 Å². The smallest absolute Gasteiger partial charge is 0.274 e. The maximum atomic E-state index is 13.1. The molecule has 1 heterocycles. The number of pyridine rings is 1. The summed E-state index contributed by atoms with van der Waals surface area (Å²) in [6.07, 6.45) is 3.00. The van der Waals surface area contributed by atoms with Gasteiger partial charge in [-0.3, -0.25) is 4.79 Å². The molecule has 136 valence electrons. The number of hydrazone groups is 1. The molecule has 0 aliphatic carbocycles. The molecular weight excluding hydrogens is 369 g/mol. The molecule has 1 N–H and O–H groups in total. The lowest BCUT2D eigenvalue weighted by atomic mass is 10.2. The summed E-state index contributed by atoms with van der Waals surface area (Å²) >= 11 is 5.86. The van der Waals surface area contributed by atoms with E-state index in [1.54, 1.807) is 48.5 Å². The highest BCUT2D eigenvalue weighted by Crippen LogP contribution is 2.14. The first-order chi connectivity index (χ1) is 13.1. The van der Waals surface area contributed by atoms with E-state index in [1.807, 2.05) is 0 Å². The first kappa shape index (κ1) is 18.5. The Kier molecular flexibility index (Phi) is 6.12. The van der Waals surface area contributed by atoms with Crippen LogP contribution in [0.2, 0.25) is 5.15 Å². The highest BCUT2D eigenvalue weighted by Gasteiger charge is 2.09. The number of hydrogen-bond acceptors (Lipinski definition) is 4. The fraction of sp³-hybridized carbons (Fsp3) is 0.0500. The minimum absolute atomic E-state index is 0.116. The van der Waals surface area contributed by atoms with Crippen molar-refractivity contribution >= 4 is 23.7 Å². The van der Waals surface area contributed by atoms with E-state index in [2.05, 4.69) is 15.5 Å². The van der Waals surface area contributed by atoms with Gasteiger partial charge in [0, 0.05) is 6.20 Å². The third-order valence-corrected chi connectivity index (χ3v) is 3.86. The van der Waals surface area contributed by atoms with Crippen molar-refractivity contribution in [2.45, 2.75) is 6.61 Å². The second kappa shape index (κ2) is 8.91. The van der Waals surface area contributed by atoms with Gasteiger partial charge in [-0.1, -0.05) is 23.7 Å². The lowest BCUT2D eigenvalue weighted by Gasteiger charge is -2.06. The molecule has 0 atom stereocenters. The number of aromatic nitrogens is 1. The zero-order valence-electron chi connectivity index (χ0n) is 14.1. The predicted octanol–water partition coefficient (Wildman–Crippen LogP) is 4.22. The fourth-order valence-corrected chi connectivity index (χ4v) is 2.43. The van der Waals surface area contributed by atoms with E-state index in [4.69, 9.17) is 16.3 Å². The van der Waals surface area contributed by atoms with Crippen LogP contribution in [0.4, 0.5) is 4.39 Å². The van der Waals surface area contributed by atoms with Crippen molar-refractivity contribution < 1.29 is 13.9 Å². The van der Waals surface area contributed by atoms with E-state index >= 15 is 0 Å². The predicted molar refractivity (Wildman–Crippen MR) is 101 cm³/mol. The minimum atomic E-state index is -0.445. The zero-order valence-corrected chi connectivity index (χ0v) is 14.9. The van der Waals surface area contributed by atoms with Crippen LogP contribution >= 0.6 is 11.6 Å². The van der Waals surface area contributed by atoms with Crippen LogP contribution in [0.5, 0.6) is 5.75 Å². The number of carbonyl (C=O) groups is 1. The largest absolute Gasteiger partial charge is 0.489 e. The molecular formula is C20H15ClFN3O2. The molecule has 2 aromatic carbocycles. The molecule has 0 unspecified atom stereocenters. The van der Waals surface area contributed by atoms with Gasteiger partial charge in [-0.15, -0.1) is 0 Å². The van der Waals surface area contributed by atoms with Gasteiger partial charge in [0.25, 0.3) is 5.91 Å². The summed E-state index contributed by atoms with van der Waals surface area (Å²) in [5.41, 5.74) is 4.16. The molecule has 3 rings (SSSR count). The molecule has 1 aromatic heterocycles. The van der Waals surface area contributed by atoms with Gasteiger partial charge in [0.05, 0.1) is 11.8 Å². The quantitative estimate of drug-likeness (QED) is 0.394. The molecule has 1 amide bonds. The normalized spacial score (nSPS) is 10.7. The van der Waals surface area contributed by atoms with Gasteiger partial charge >= 0.3 is 0 Å². The lowest BCUT2D eigenvalue weighted by molar-refractivity contribution is 0.0955. The summed E-state index contributed by atoms with van der Waals surface area (Å²) in [5, 5.41) is 4.01. The Bertz CT molecular complexity index is 961. The van der Waals surface area contributed by atoms with Crippen molar-refractivity contribution in [3.05, 3.63) is 94.5 Å². The van der Waals surface area contributed by atoms with E-state index in [-0.39, 0.29) is 23.1 Å². The van der Waals surface area contributed by atoms with Crippen LogP contribution in [-0.4, -0.2) is 17.1 Å². The number of halogens is 2. The Labute approximate surface area is 160 Å². The molecule has 0 radical (unpaired) electrons. The number of carbonyl (C=O) groups excluding carboxylic acids is 1. The number of benzene rings is 2. The minimum Gasteiger partial charge on any atom is -0.489 e. The molecule has 0 fully saturated rings. The molecule has 5 nitrogen and oxygen atoms in total. The Hall–Kier alpha value is -3.25.